The number of thioether (sulfide) groups is 1. The van der Waals surface area contributed by atoms with Crippen LogP contribution in [0, 0.1) is 0 Å². The summed E-state index contributed by atoms with van der Waals surface area (Å²) in [6.07, 6.45) is -4.14. The lowest BCUT2D eigenvalue weighted by Crippen LogP contribution is -2.10. The third-order valence-corrected chi connectivity index (χ3v) is 5.23. The second-order valence-corrected chi connectivity index (χ2v) is 6.95. The van der Waals surface area contributed by atoms with E-state index in [2.05, 4.69) is 5.10 Å². The van der Waals surface area contributed by atoms with Crippen molar-refractivity contribution < 1.29 is 13.2 Å². The monoisotopic (exact) mass is 364 g/mol. The molecule has 0 atom stereocenters. The molecular weight excluding hydrogens is 353 g/mol. The second kappa shape index (κ2) is 7.39. The molecule has 0 saturated carbocycles. The van der Waals surface area contributed by atoms with E-state index in [1.54, 1.807) is 30.3 Å². The van der Waals surface area contributed by atoms with Gasteiger partial charge in [0.15, 0.2) is 0 Å². The minimum absolute atomic E-state index is 0.308. The van der Waals surface area contributed by atoms with Crippen LogP contribution in [0.15, 0.2) is 41.5 Å². The fourth-order valence-corrected chi connectivity index (χ4v) is 3.80. The summed E-state index contributed by atoms with van der Waals surface area (Å²) in [7, 11) is 0. The molecule has 1 heterocycles. The summed E-state index contributed by atoms with van der Waals surface area (Å²) in [6.45, 7) is 0. The molecule has 0 spiro atoms. The summed E-state index contributed by atoms with van der Waals surface area (Å²) in [4.78, 5) is 1.66. The van der Waals surface area contributed by atoms with Gasteiger partial charge >= 0.3 is 6.18 Å². The van der Waals surface area contributed by atoms with Crippen LogP contribution in [0.5, 0.6) is 0 Å². The largest absolute Gasteiger partial charge is 0.397 e. The molecule has 1 aromatic heterocycles. The first kappa shape index (κ1) is 17.2. The highest BCUT2D eigenvalue weighted by Gasteiger charge is 2.26. The zero-order valence-corrected chi connectivity index (χ0v) is 13.6. The Balaban J connectivity index is 2.07. The Morgan fingerprint density at radius 1 is 1.18 bits per heavy atom. The Bertz CT molecular complexity index is 651. The molecule has 0 aliphatic heterocycles. The molecule has 0 fully saturated rings. The molecule has 8 heteroatoms. The molecule has 0 bridgehead atoms. The van der Waals surface area contributed by atoms with Crippen molar-refractivity contribution in [2.75, 3.05) is 5.75 Å². The molecule has 0 unspecified atom stereocenters. The lowest BCUT2D eigenvalue weighted by molar-refractivity contribution is -0.105. The zero-order chi connectivity index (χ0) is 16.2. The molecular formula is C14H12ClF3N2S2. The number of thiophene rings is 1. The van der Waals surface area contributed by atoms with Crippen LogP contribution in [0.1, 0.15) is 15.3 Å². The lowest BCUT2D eigenvalue weighted by atomic mass is 10.1. The molecule has 0 radical (unpaired) electrons. The second-order valence-electron chi connectivity index (χ2n) is 4.36. The molecule has 22 heavy (non-hydrogen) atoms. The highest BCUT2D eigenvalue weighted by atomic mass is 35.5. The fourth-order valence-electron chi connectivity index (χ4n) is 1.74. The summed E-state index contributed by atoms with van der Waals surface area (Å²) in [6, 6.07) is 10.7. The van der Waals surface area contributed by atoms with E-state index < -0.39 is 11.9 Å². The quantitative estimate of drug-likeness (QED) is 0.465. The Labute approximate surface area is 139 Å². The maximum atomic E-state index is 12.1. The van der Waals surface area contributed by atoms with E-state index in [0.29, 0.717) is 16.5 Å². The van der Waals surface area contributed by atoms with Gasteiger partial charge in [-0.25, -0.2) is 0 Å². The minimum Gasteiger partial charge on any atom is -0.323 e. The summed E-state index contributed by atoms with van der Waals surface area (Å²) < 4.78 is 36.4. The number of rotatable bonds is 5. The van der Waals surface area contributed by atoms with Gasteiger partial charge in [-0.1, -0.05) is 23.7 Å². The average molecular weight is 365 g/mol. The van der Waals surface area contributed by atoms with E-state index in [-0.39, 0.29) is 0 Å². The number of benzene rings is 1. The van der Waals surface area contributed by atoms with Gasteiger partial charge in [-0.2, -0.15) is 18.3 Å². The number of nitrogens with two attached hydrogens (primary N) is 1. The number of hydrogen-bond donors (Lipinski definition) is 1. The van der Waals surface area contributed by atoms with Gasteiger partial charge in [-0.3, -0.25) is 0 Å². The number of nitrogens with zero attached hydrogens (tertiary/aromatic N) is 1. The molecule has 2 nitrogen and oxygen atoms in total. The Kier molecular flexibility index (Phi) is 5.77. The molecule has 2 rings (SSSR count). The maximum absolute atomic E-state index is 12.1. The number of hydrazone groups is 1. The molecule has 2 N–H and O–H groups in total. The van der Waals surface area contributed by atoms with Crippen LogP contribution in [0.4, 0.5) is 13.2 Å². The van der Waals surface area contributed by atoms with Crippen LogP contribution in [0.2, 0.25) is 5.02 Å². The van der Waals surface area contributed by atoms with Gasteiger partial charge in [0.05, 0.1) is 10.6 Å². The van der Waals surface area contributed by atoms with E-state index in [0.717, 1.165) is 27.1 Å². The third-order valence-electron chi connectivity index (χ3n) is 2.65. The third kappa shape index (κ3) is 4.93. The van der Waals surface area contributed by atoms with E-state index in [1.807, 2.05) is 6.07 Å². The number of halogens is 4. The molecule has 118 valence electrons. The lowest BCUT2D eigenvalue weighted by Gasteiger charge is -2.04. The highest BCUT2D eigenvalue weighted by Crippen LogP contribution is 2.28. The van der Waals surface area contributed by atoms with Crippen molar-refractivity contribution in [2.45, 2.75) is 11.9 Å². The van der Waals surface area contributed by atoms with Crippen LogP contribution < -0.4 is 5.84 Å². The number of hydrogen-bond acceptors (Lipinski definition) is 4. The minimum atomic E-state index is -4.14. The molecule has 1 aromatic carbocycles. The van der Waals surface area contributed by atoms with Crippen molar-refractivity contribution in [3.05, 3.63) is 56.7 Å². The fraction of sp³-hybridized carbons (Fsp3) is 0.214. The Morgan fingerprint density at radius 3 is 2.45 bits per heavy atom. The van der Waals surface area contributed by atoms with E-state index in [1.165, 1.54) is 11.3 Å². The smallest absolute Gasteiger partial charge is 0.323 e. The van der Waals surface area contributed by atoms with Crippen LogP contribution >= 0.6 is 34.7 Å². The normalized spacial score (nSPS) is 12.6. The van der Waals surface area contributed by atoms with Crippen molar-refractivity contribution in [3.8, 4) is 0 Å². The molecule has 0 aliphatic rings. The van der Waals surface area contributed by atoms with Gasteiger partial charge in [0.1, 0.15) is 5.71 Å². The van der Waals surface area contributed by atoms with Crippen LogP contribution in [-0.4, -0.2) is 17.6 Å². The Hall–Kier alpha value is -1.18. The number of alkyl halides is 3. The standard InChI is InChI=1S/C14H12ClF3N2S2/c15-10-3-1-9(2-4-10)13(20-19)12-6-5-11(22-12)7-21-8-14(16,17)18/h1-6H,7-8,19H2. The molecule has 2 aromatic rings. The highest BCUT2D eigenvalue weighted by molar-refractivity contribution is 7.98. The van der Waals surface area contributed by atoms with Crippen LogP contribution in [-0.2, 0) is 5.75 Å². The van der Waals surface area contributed by atoms with Gasteiger partial charge in [0, 0.05) is 21.2 Å². The van der Waals surface area contributed by atoms with Crippen LogP contribution in [0.25, 0.3) is 0 Å². The van der Waals surface area contributed by atoms with Gasteiger partial charge < -0.3 is 5.84 Å². The molecule has 0 saturated heterocycles. The first-order valence-electron chi connectivity index (χ1n) is 6.16. The van der Waals surface area contributed by atoms with Crippen LogP contribution in [0.3, 0.4) is 0 Å². The predicted molar refractivity (Wildman–Crippen MR) is 87.8 cm³/mol. The SMILES string of the molecule is NN=C(c1ccc(Cl)cc1)c1ccc(CSCC(F)(F)F)s1. The van der Waals surface area contributed by atoms with Crippen molar-refractivity contribution in [1.82, 2.24) is 0 Å². The average Bonchev–Trinajstić information content (AvgIpc) is 2.89. The van der Waals surface area contributed by atoms with E-state index >= 15 is 0 Å². The summed E-state index contributed by atoms with van der Waals surface area (Å²) in [5.74, 6) is 4.91. The first-order valence-corrected chi connectivity index (χ1v) is 8.51. The summed E-state index contributed by atoms with van der Waals surface area (Å²) in [5, 5.41) is 4.40. The van der Waals surface area contributed by atoms with Crippen molar-refractivity contribution in [3.63, 3.8) is 0 Å². The van der Waals surface area contributed by atoms with Gasteiger partial charge in [-0.15, -0.1) is 23.1 Å². The van der Waals surface area contributed by atoms with Crippen molar-refractivity contribution >= 4 is 40.4 Å². The first-order chi connectivity index (χ1) is 10.4. The molecule has 0 aliphatic carbocycles. The zero-order valence-electron chi connectivity index (χ0n) is 11.2. The topological polar surface area (TPSA) is 38.4 Å². The maximum Gasteiger partial charge on any atom is 0.397 e. The van der Waals surface area contributed by atoms with Gasteiger partial charge in [-0.05, 0) is 24.3 Å². The predicted octanol–water partition coefficient (Wildman–Crippen LogP) is 4.91. The Morgan fingerprint density at radius 2 is 1.86 bits per heavy atom. The van der Waals surface area contributed by atoms with Crippen molar-refractivity contribution in [2.24, 2.45) is 10.9 Å². The summed E-state index contributed by atoms with van der Waals surface area (Å²) in [5.41, 5.74) is 1.40. The van der Waals surface area contributed by atoms with Crippen molar-refractivity contribution in [1.29, 1.82) is 0 Å². The van der Waals surface area contributed by atoms with Gasteiger partial charge in [0.2, 0.25) is 0 Å². The van der Waals surface area contributed by atoms with E-state index in [9.17, 15) is 13.2 Å². The van der Waals surface area contributed by atoms with Gasteiger partial charge in [0.25, 0.3) is 0 Å². The van der Waals surface area contributed by atoms with E-state index in [4.69, 9.17) is 17.4 Å². The molecule has 0 amide bonds. The summed E-state index contributed by atoms with van der Waals surface area (Å²) >= 11 is 8.06.